The third-order valence-corrected chi connectivity index (χ3v) is 7.13. The Morgan fingerprint density at radius 2 is 1.85 bits per heavy atom. The van der Waals surface area contributed by atoms with Gasteiger partial charge in [-0.25, -0.2) is 8.42 Å². The highest BCUT2D eigenvalue weighted by molar-refractivity contribution is 7.92. The fraction of sp³-hybridized carbons (Fsp3) is 0.211. The summed E-state index contributed by atoms with van der Waals surface area (Å²) in [6.45, 7) is 0.338. The van der Waals surface area contributed by atoms with Crippen LogP contribution in [0.2, 0.25) is 5.02 Å². The van der Waals surface area contributed by atoms with Crippen LogP contribution >= 0.6 is 11.6 Å². The Balaban J connectivity index is 1.49. The predicted molar refractivity (Wildman–Crippen MR) is 103 cm³/mol. The molecular formula is C19H17ClN2O4S. The molecule has 1 aromatic heterocycles. The highest BCUT2D eigenvalue weighted by Gasteiger charge is 2.41. The molecule has 1 aliphatic heterocycles. The van der Waals surface area contributed by atoms with Crippen molar-refractivity contribution < 1.29 is 17.9 Å². The number of hydrogen-bond donors (Lipinski definition) is 1. The van der Waals surface area contributed by atoms with Gasteiger partial charge in [0.2, 0.25) is 0 Å². The number of sulfone groups is 1. The first kappa shape index (κ1) is 17.9. The first-order valence-electron chi connectivity index (χ1n) is 8.34. The van der Waals surface area contributed by atoms with E-state index in [2.05, 4.69) is 4.98 Å². The van der Waals surface area contributed by atoms with Crippen molar-refractivity contribution >= 4 is 38.2 Å². The van der Waals surface area contributed by atoms with Crippen LogP contribution in [-0.4, -0.2) is 49.7 Å². The second-order valence-corrected chi connectivity index (χ2v) is 9.13. The summed E-state index contributed by atoms with van der Waals surface area (Å²) in [5.74, 6) is 0.481. The summed E-state index contributed by atoms with van der Waals surface area (Å²) in [6.07, 6.45) is 0. The number of halogens is 1. The van der Waals surface area contributed by atoms with Gasteiger partial charge in [-0.1, -0.05) is 11.6 Å². The van der Waals surface area contributed by atoms with Gasteiger partial charge in [0.25, 0.3) is 5.91 Å². The SMILES string of the molecule is COc1ccc2cc(C(=O)N3CC(S(=O)(=O)c4ccc(Cl)cc4)C3)[nH]c2c1. The van der Waals surface area contributed by atoms with Gasteiger partial charge in [0.1, 0.15) is 16.7 Å². The molecule has 4 rings (SSSR count). The lowest BCUT2D eigenvalue weighted by atomic mass is 10.2. The second kappa shape index (κ2) is 6.58. The smallest absolute Gasteiger partial charge is 0.270 e. The van der Waals surface area contributed by atoms with Crippen LogP contribution in [0.3, 0.4) is 0 Å². The Kier molecular flexibility index (Phi) is 4.36. The standard InChI is InChI=1S/C19H17ClN2O4S/c1-26-14-5-2-12-8-18(21-17(12)9-14)19(23)22-10-16(11-22)27(24,25)15-6-3-13(20)4-7-15/h2-9,16,21H,10-11H2,1H3. The van der Waals surface area contributed by atoms with E-state index < -0.39 is 15.1 Å². The Bertz CT molecular complexity index is 1120. The fourth-order valence-corrected chi connectivity index (χ4v) is 4.91. The fourth-order valence-electron chi connectivity index (χ4n) is 3.14. The van der Waals surface area contributed by atoms with E-state index in [9.17, 15) is 13.2 Å². The summed E-state index contributed by atoms with van der Waals surface area (Å²) < 4.78 is 30.5. The van der Waals surface area contributed by atoms with Gasteiger partial charge in [-0.2, -0.15) is 0 Å². The zero-order chi connectivity index (χ0) is 19.2. The number of nitrogens with one attached hydrogen (secondary N) is 1. The van der Waals surface area contributed by atoms with Crippen LogP contribution in [0, 0.1) is 0 Å². The zero-order valence-electron chi connectivity index (χ0n) is 14.5. The quantitative estimate of drug-likeness (QED) is 0.724. The van der Waals surface area contributed by atoms with Crippen LogP contribution in [-0.2, 0) is 9.84 Å². The molecule has 27 heavy (non-hydrogen) atoms. The van der Waals surface area contributed by atoms with Crippen molar-refractivity contribution in [3.8, 4) is 5.75 Å². The molecule has 0 radical (unpaired) electrons. The summed E-state index contributed by atoms with van der Waals surface area (Å²) >= 11 is 5.82. The van der Waals surface area contributed by atoms with Crippen LogP contribution in [0.25, 0.3) is 10.9 Å². The lowest BCUT2D eigenvalue weighted by Gasteiger charge is -2.38. The molecule has 3 aromatic rings. The molecule has 8 heteroatoms. The maximum atomic E-state index is 12.7. The van der Waals surface area contributed by atoms with E-state index in [1.807, 2.05) is 18.2 Å². The van der Waals surface area contributed by atoms with E-state index in [1.54, 1.807) is 25.3 Å². The number of rotatable bonds is 4. The summed E-state index contributed by atoms with van der Waals surface area (Å²) in [6, 6.07) is 13.4. The van der Waals surface area contributed by atoms with Crippen LogP contribution in [0.15, 0.2) is 53.4 Å². The zero-order valence-corrected chi connectivity index (χ0v) is 16.0. The minimum absolute atomic E-state index is 0.169. The molecule has 0 aliphatic carbocycles. The largest absolute Gasteiger partial charge is 0.497 e. The third-order valence-electron chi connectivity index (χ3n) is 4.78. The Hall–Kier alpha value is -2.51. The number of carbonyl (C=O) groups is 1. The summed E-state index contributed by atoms with van der Waals surface area (Å²) in [4.78, 5) is 17.5. The normalized spacial score (nSPS) is 15.0. The maximum Gasteiger partial charge on any atom is 0.270 e. The number of nitrogens with zero attached hydrogens (tertiary/aromatic N) is 1. The van der Waals surface area contributed by atoms with E-state index in [4.69, 9.17) is 16.3 Å². The molecule has 0 bridgehead atoms. The highest BCUT2D eigenvalue weighted by atomic mass is 35.5. The van der Waals surface area contributed by atoms with Crippen LogP contribution in [0.5, 0.6) is 5.75 Å². The van der Waals surface area contributed by atoms with E-state index in [-0.39, 0.29) is 23.9 Å². The lowest BCUT2D eigenvalue weighted by Crippen LogP contribution is -2.56. The van der Waals surface area contributed by atoms with Gasteiger partial charge in [-0.3, -0.25) is 4.79 Å². The van der Waals surface area contributed by atoms with Crippen molar-refractivity contribution in [3.05, 3.63) is 59.2 Å². The number of aromatic amines is 1. The molecule has 140 valence electrons. The third kappa shape index (κ3) is 3.17. The molecule has 1 N–H and O–H groups in total. The van der Waals surface area contributed by atoms with E-state index in [1.165, 1.54) is 17.0 Å². The van der Waals surface area contributed by atoms with Gasteiger partial charge >= 0.3 is 0 Å². The van der Waals surface area contributed by atoms with Crippen LogP contribution in [0.1, 0.15) is 10.5 Å². The molecule has 2 aromatic carbocycles. The molecule has 1 amide bonds. The first-order valence-corrected chi connectivity index (χ1v) is 10.3. The Morgan fingerprint density at radius 1 is 1.15 bits per heavy atom. The molecule has 2 heterocycles. The number of benzene rings is 2. The van der Waals surface area contributed by atoms with Crippen molar-refractivity contribution in [2.45, 2.75) is 10.1 Å². The molecule has 1 saturated heterocycles. The number of likely N-dealkylation sites (tertiary alicyclic amines) is 1. The van der Waals surface area contributed by atoms with Crippen molar-refractivity contribution in [2.24, 2.45) is 0 Å². The Morgan fingerprint density at radius 3 is 2.52 bits per heavy atom. The van der Waals surface area contributed by atoms with Gasteiger partial charge < -0.3 is 14.6 Å². The van der Waals surface area contributed by atoms with E-state index in [0.717, 1.165) is 10.9 Å². The van der Waals surface area contributed by atoms with E-state index in [0.29, 0.717) is 16.5 Å². The molecule has 0 spiro atoms. The highest BCUT2D eigenvalue weighted by Crippen LogP contribution is 2.27. The van der Waals surface area contributed by atoms with Crippen molar-refractivity contribution in [2.75, 3.05) is 20.2 Å². The summed E-state index contributed by atoms with van der Waals surface area (Å²) in [7, 11) is -1.90. The molecular weight excluding hydrogens is 388 g/mol. The number of hydrogen-bond acceptors (Lipinski definition) is 4. The predicted octanol–water partition coefficient (Wildman–Crippen LogP) is 3.13. The molecule has 0 atom stereocenters. The lowest BCUT2D eigenvalue weighted by molar-refractivity contribution is 0.0653. The Labute approximate surface area is 161 Å². The molecule has 0 unspecified atom stereocenters. The average Bonchev–Trinajstić information content (AvgIpc) is 3.03. The van der Waals surface area contributed by atoms with Crippen LogP contribution < -0.4 is 4.74 Å². The van der Waals surface area contributed by atoms with Gasteiger partial charge in [-0.05, 0) is 42.5 Å². The number of ether oxygens (including phenoxy) is 1. The molecule has 0 saturated carbocycles. The van der Waals surface area contributed by atoms with Crippen molar-refractivity contribution in [1.29, 1.82) is 0 Å². The summed E-state index contributed by atoms with van der Waals surface area (Å²) in [5.41, 5.74) is 1.23. The molecule has 1 aliphatic rings. The van der Waals surface area contributed by atoms with Crippen molar-refractivity contribution in [3.63, 3.8) is 0 Å². The number of fused-ring (bicyclic) bond motifs is 1. The number of methoxy groups -OCH3 is 1. The minimum Gasteiger partial charge on any atom is -0.497 e. The summed E-state index contributed by atoms with van der Waals surface area (Å²) in [5, 5.41) is 0.770. The maximum absolute atomic E-state index is 12.7. The molecule has 1 fully saturated rings. The minimum atomic E-state index is -3.48. The van der Waals surface area contributed by atoms with Gasteiger partial charge in [0.15, 0.2) is 9.84 Å². The number of amides is 1. The van der Waals surface area contributed by atoms with Gasteiger partial charge in [0.05, 0.1) is 12.0 Å². The number of carbonyl (C=O) groups excluding carboxylic acids is 1. The van der Waals surface area contributed by atoms with Crippen molar-refractivity contribution in [1.82, 2.24) is 9.88 Å². The average molecular weight is 405 g/mol. The van der Waals surface area contributed by atoms with Crippen LogP contribution in [0.4, 0.5) is 0 Å². The van der Waals surface area contributed by atoms with E-state index >= 15 is 0 Å². The second-order valence-electron chi connectivity index (χ2n) is 6.47. The van der Waals surface area contributed by atoms with Gasteiger partial charge in [-0.15, -0.1) is 0 Å². The van der Waals surface area contributed by atoms with Gasteiger partial charge in [0, 0.05) is 35.1 Å². The monoisotopic (exact) mass is 404 g/mol. The topological polar surface area (TPSA) is 79.5 Å². The molecule has 6 nitrogen and oxygen atoms in total. The number of H-pyrrole nitrogens is 1. The first-order chi connectivity index (χ1) is 12.9. The number of aromatic nitrogens is 1.